The number of ketones is 3. The fraction of sp³-hybridized carbons (Fsp3) is 0.457. The summed E-state index contributed by atoms with van der Waals surface area (Å²) in [5, 5.41) is 64.6. The highest BCUT2D eigenvalue weighted by Gasteiger charge is 2.50. The van der Waals surface area contributed by atoms with Crippen molar-refractivity contribution in [3.8, 4) is 17.2 Å². The Morgan fingerprint density at radius 3 is 2.16 bits per heavy atom. The monoisotopic (exact) mass is 771 g/mol. The van der Waals surface area contributed by atoms with E-state index in [1.807, 2.05) is 0 Å². The number of hydrogen-bond acceptors (Lipinski definition) is 16. The standard InChI is InChI=1S/C35H41N5O15/c1-14-30(47)17(40-24(46)12-39-23(45)11-38-22(44)10-37-21(43)9-36)6-25(54-14)55-19-8-35(52,20(42)13-41)7-16-27(19)34(51)29-28(32(16)49)31(48)15-4-3-5-18(53-2)26(15)33(29)50/h3-5,14,17,19,25,30,41,47,49,51-52H,6-13,36H2,1-2H3,(H,37,43)(H,38,44)(H,39,45)(H,40,46)/t14-,17-,19-,25-,30+,35-/m0/s1. The summed E-state index contributed by atoms with van der Waals surface area (Å²) in [5.41, 5.74) is 0.782. The van der Waals surface area contributed by atoms with Crippen molar-refractivity contribution in [2.24, 2.45) is 5.73 Å². The smallest absolute Gasteiger partial charge is 0.239 e. The zero-order valence-electron chi connectivity index (χ0n) is 29.7. The van der Waals surface area contributed by atoms with Crippen LogP contribution in [0.3, 0.4) is 0 Å². The van der Waals surface area contributed by atoms with Crippen LogP contribution in [0.25, 0.3) is 0 Å². The van der Waals surface area contributed by atoms with E-state index in [2.05, 4.69) is 21.3 Å². The molecular formula is C35H41N5O15. The number of methoxy groups -OCH3 is 1. The number of aliphatic hydroxyl groups is 3. The molecule has 55 heavy (non-hydrogen) atoms. The number of hydrogen-bond donors (Lipinski definition) is 10. The summed E-state index contributed by atoms with van der Waals surface area (Å²) in [6.07, 6.45) is -6.77. The minimum absolute atomic E-state index is 0.0294. The number of benzene rings is 2. The number of nitrogens with one attached hydrogen (secondary N) is 4. The van der Waals surface area contributed by atoms with E-state index in [-0.39, 0.29) is 41.0 Å². The van der Waals surface area contributed by atoms with Gasteiger partial charge in [0, 0.05) is 36.0 Å². The molecule has 1 fully saturated rings. The van der Waals surface area contributed by atoms with Crippen molar-refractivity contribution >= 4 is 41.0 Å². The summed E-state index contributed by atoms with van der Waals surface area (Å²) in [5.74, 6) is -7.08. The maximum absolute atomic E-state index is 13.9. The summed E-state index contributed by atoms with van der Waals surface area (Å²) in [4.78, 5) is 88.4. The zero-order chi connectivity index (χ0) is 40.4. The second-order valence-corrected chi connectivity index (χ2v) is 13.2. The molecule has 2 aromatic carbocycles. The summed E-state index contributed by atoms with van der Waals surface area (Å²) in [6.45, 7) is -1.50. The van der Waals surface area contributed by atoms with Gasteiger partial charge in [-0.2, -0.15) is 0 Å². The predicted molar refractivity (Wildman–Crippen MR) is 184 cm³/mol. The first-order valence-corrected chi connectivity index (χ1v) is 17.1. The van der Waals surface area contributed by atoms with E-state index in [9.17, 15) is 59.1 Å². The molecule has 2 aromatic rings. The summed E-state index contributed by atoms with van der Waals surface area (Å²) in [6, 6.07) is 3.16. The molecule has 0 bridgehead atoms. The van der Waals surface area contributed by atoms with E-state index in [4.69, 9.17) is 19.9 Å². The second kappa shape index (κ2) is 16.5. The van der Waals surface area contributed by atoms with Gasteiger partial charge in [-0.05, 0) is 13.0 Å². The van der Waals surface area contributed by atoms with Gasteiger partial charge in [-0.25, -0.2) is 0 Å². The molecule has 4 amide bonds. The van der Waals surface area contributed by atoms with Crippen molar-refractivity contribution in [3.05, 3.63) is 51.6 Å². The van der Waals surface area contributed by atoms with Crippen LogP contribution in [0.15, 0.2) is 18.2 Å². The summed E-state index contributed by atoms with van der Waals surface area (Å²) >= 11 is 0. The molecule has 20 nitrogen and oxygen atoms in total. The maximum Gasteiger partial charge on any atom is 0.239 e. The lowest BCUT2D eigenvalue weighted by atomic mass is 9.72. The largest absolute Gasteiger partial charge is 0.507 e. The van der Waals surface area contributed by atoms with Gasteiger partial charge in [-0.1, -0.05) is 12.1 Å². The van der Waals surface area contributed by atoms with Crippen LogP contribution in [-0.2, 0) is 39.9 Å². The van der Waals surface area contributed by atoms with Crippen LogP contribution in [-0.4, -0.2) is 137 Å². The number of carbonyl (C=O) groups excluding carboxylic acids is 7. The van der Waals surface area contributed by atoms with Crippen LogP contribution in [0, 0.1) is 0 Å². The fourth-order valence-corrected chi connectivity index (χ4v) is 6.85. The minimum atomic E-state index is -2.39. The number of nitrogens with two attached hydrogens (primary N) is 1. The molecule has 20 heteroatoms. The van der Waals surface area contributed by atoms with Crippen LogP contribution in [0.1, 0.15) is 68.8 Å². The molecule has 0 unspecified atom stereocenters. The van der Waals surface area contributed by atoms with Gasteiger partial charge in [0.15, 0.2) is 17.9 Å². The Labute approximate surface area is 312 Å². The number of phenolic OH excluding ortho intramolecular Hbond substituents is 2. The van der Waals surface area contributed by atoms with Crippen molar-refractivity contribution in [1.29, 1.82) is 0 Å². The number of aromatic hydroxyl groups is 2. The highest BCUT2D eigenvalue weighted by molar-refractivity contribution is 6.31. The number of carbonyl (C=O) groups is 7. The molecular weight excluding hydrogens is 730 g/mol. The molecule has 3 aliphatic rings. The second-order valence-electron chi connectivity index (χ2n) is 13.2. The first-order chi connectivity index (χ1) is 26.0. The van der Waals surface area contributed by atoms with Gasteiger partial charge in [0.25, 0.3) is 0 Å². The van der Waals surface area contributed by atoms with Crippen LogP contribution in [0.5, 0.6) is 17.2 Å². The maximum atomic E-state index is 13.9. The van der Waals surface area contributed by atoms with Crippen molar-refractivity contribution in [2.75, 3.05) is 39.9 Å². The van der Waals surface area contributed by atoms with Crippen molar-refractivity contribution in [1.82, 2.24) is 21.3 Å². The minimum Gasteiger partial charge on any atom is -0.507 e. The van der Waals surface area contributed by atoms with E-state index in [1.165, 1.54) is 32.2 Å². The summed E-state index contributed by atoms with van der Waals surface area (Å²) < 4.78 is 17.3. The number of amides is 4. The molecule has 0 radical (unpaired) electrons. The van der Waals surface area contributed by atoms with Crippen molar-refractivity contribution < 1.29 is 73.3 Å². The molecule has 296 valence electrons. The molecule has 2 aliphatic carbocycles. The van der Waals surface area contributed by atoms with E-state index in [1.54, 1.807) is 0 Å². The van der Waals surface area contributed by atoms with Gasteiger partial charge < -0.3 is 66.7 Å². The topological polar surface area (TPSA) is 322 Å². The third-order valence-electron chi connectivity index (χ3n) is 9.63. The molecule has 1 heterocycles. The highest BCUT2D eigenvalue weighted by Crippen LogP contribution is 2.52. The Hall–Kier alpha value is -5.51. The Morgan fingerprint density at radius 1 is 0.927 bits per heavy atom. The lowest BCUT2D eigenvalue weighted by Crippen LogP contribution is -2.57. The van der Waals surface area contributed by atoms with E-state index >= 15 is 0 Å². The fourth-order valence-electron chi connectivity index (χ4n) is 6.85. The van der Waals surface area contributed by atoms with Crippen LogP contribution in [0.2, 0.25) is 0 Å². The Morgan fingerprint density at radius 2 is 1.55 bits per heavy atom. The van der Waals surface area contributed by atoms with Gasteiger partial charge in [0.1, 0.15) is 35.6 Å². The first kappa shape index (κ1) is 40.7. The van der Waals surface area contributed by atoms with E-state index in [0.29, 0.717) is 0 Å². The van der Waals surface area contributed by atoms with Gasteiger partial charge in [0.2, 0.25) is 29.4 Å². The Bertz CT molecular complexity index is 1940. The molecule has 11 N–H and O–H groups in total. The van der Waals surface area contributed by atoms with Gasteiger partial charge in [-0.15, -0.1) is 0 Å². The van der Waals surface area contributed by atoms with Gasteiger partial charge in [0.05, 0.1) is 68.2 Å². The zero-order valence-corrected chi connectivity index (χ0v) is 29.7. The summed E-state index contributed by atoms with van der Waals surface area (Å²) in [7, 11) is 1.28. The number of Topliss-reactive ketones (excluding diaryl/α,β-unsaturated/α-hetero) is 1. The Kier molecular flexibility index (Phi) is 12.2. The van der Waals surface area contributed by atoms with Crippen LogP contribution < -0.4 is 31.7 Å². The van der Waals surface area contributed by atoms with Gasteiger partial charge in [-0.3, -0.25) is 33.6 Å². The lowest BCUT2D eigenvalue weighted by molar-refractivity contribution is -0.249. The van der Waals surface area contributed by atoms with Crippen LogP contribution >= 0.6 is 0 Å². The Balaban J connectivity index is 1.36. The average molecular weight is 772 g/mol. The molecule has 0 spiro atoms. The molecule has 1 aliphatic heterocycles. The number of aliphatic hydroxyl groups excluding tert-OH is 2. The van der Waals surface area contributed by atoms with Crippen molar-refractivity contribution in [2.45, 2.75) is 62.4 Å². The number of rotatable bonds is 13. The first-order valence-electron chi connectivity index (χ1n) is 17.1. The number of phenols is 2. The molecule has 6 atom stereocenters. The average Bonchev–Trinajstić information content (AvgIpc) is 3.16. The third-order valence-corrected chi connectivity index (χ3v) is 9.63. The van der Waals surface area contributed by atoms with Crippen molar-refractivity contribution in [3.63, 3.8) is 0 Å². The predicted octanol–water partition coefficient (Wildman–Crippen LogP) is -3.53. The third kappa shape index (κ3) is 8.14. The van der Waals surface area contributed by atoms with Crippen LogP contribution in [0.4, 0.5) is 0 Å². The molecule has 0 aromatic heterocycles. The SMILES string of the molecule is COc1cccc2c1C(=O)c1c(O)c3c(c(O)c1C2=O)C[C@@](O)(C(=O)CO)C[C@@H]3O[C@H]1C[C@H](NC(=O)CNC(=O)CNC(=O)CNC(=O)CN)[C@H](O)[C@H](C)O1. The van der Waals surface area contributed by atoms with E-state index in [0.717, 1.165) is 0 Å². The molecule has 1 saturated heterocycles. The van der Waals surface area contributed by atoms with Gasteiger partial charge >= 0.3 is 0 Å². The lowest BCUT2D eigenvalue weighted by Gasteiger charge is -2.43. The normalized spacial score (nSPS) is 24.1. The quantitative estimate of drug-likeness (QED) is 0.0753. The number of ether oxygens (including phenoxy) is 3. The molecule has 0 saturated carbocycles. The van der Waals surface area contributed by atoms with E-state index < -0.39 is 139 Å². The number of fused-ring (bicyclic) bond motifs is 3. The highest BCUT2D eigenvalue weighted by atomic mass is 16.7. The molecule has 5 rings (SSSR count).